The van der Waals surface area contributed by atoms with Crippen LogP contribution >= 0.6 is 0 Å². The quantitative estimate of drug-likeness (QED) is 0.351. The molecule has 1 aliphatic heterocycles. The zero-order valence-corrected chi connectivity index (χ0v) is 16.4. The number of para-hydroxylation sites is 1. The van der Waals surface area contributed by atoms with Crippen molar-refractivity contribution in [2.45, 2.75) is 6.04 Å². The van der Waals surface area contributed by atoms with E-state index >= 15 is 0 Å². The molecule has 0 unspecified atom stereocenters. The van der Waals surface area contributed by atoms with Gasteiger partial charge in [-0.1, -0.05) is 60.7 Å². The van der Waals surface area contributed by atoms with Gasteiger partial charge in [-0.3, -0.25) is 0 Å². The van der Waals surface area contributed by atoms with Crippen molar-refractivity contribution in [3.8, 4) is 17.2 Å². The molecule has 4 heteroatoms. The lowest BCUT2D eigenvalue weighted by molar-refractivity contribution is 0.547. The largest absolute Gasteiger partial charge is 0.422 e. The number of fused-ring (bicyclic) bond motifs is 7. The minimum atomic E-state index is -0.378. The maximum absolute atomic E-state index is 13.3. The van der Waals surface area contributed by atoms with Crippen molar-refractivity contribution < 1.29 is 4.42 Å². The maximum atomic E-state index is 13.3. The second-order valence-corrected chi connectivity index (χ2v) is 7.69. The lowest BCUT2D eigenvalue weighted by Gasteiger charge is -2.30. The van der Waals surface area contributed by atoms with Crippen LogP contribution in [-0.4, -0.2) is 0 Å². The molecule has 0 fully saturated rings. The molecule has 6 rings (SSSR count). The van der Waals surface area contributed by atoms with Crippen LogP contribution < -0.4 is 10.9 Å². The predicted octanol–water partition coefficient (Wildman–Crippen LogP) is 6.00. The van der Waals surface area contributed by atoms with Crippen molar-refractivity contribution in [1.29, 1.82) is 5.26 Å². The molecule has 1 aliphatic rings. The van der Waals surface area contributed by atoms with E-state index in [0.717, 1.165) is 38.5 Å². The Labute approximate surface area is 178 Å². The molecule has 1 atom stereocenters. The molecule has 0 spiro atoms. The summed E-state index contributed by atoms with van der Waals surface area (Å²) in [6.07, 6.45) is 0. The van der Waals surface area contributed by atoms with Gasteiger partial charge in [0.05, 0.1) is 23.2 Å². The Balaban J connectivity index is 1.74. The minimum Gasteiger partial charge on any atom is -0.422 e. The zero-order chi connectivity index (χ0) is 20.9. The second-order valence-electron chi connectivity index (χ2n) is 7.69. The molecule has 0 aliphatic carbocycles. The van der Waals surface area contributed by atoms with Gasteiger partial charge in [0.15, 0.2) is 0 Å². The van der Waals surface area contributed by atoms with Gasteiger partial charge in [0, 0.05) is 22.2 Å². The van der Waals surface area contributed by atoms with Gasteiger partial charge in [0.1, 0.15) is 5.58 Å². The highest BCUT2D eigenvalue weighted by atomic mass is 16.4. The third-order valence-electron chi connectivity index (χ3n) is 5.99. The lowest BCUT2D eigenvalue weighted by Crippen LogP contribution is -2.25. The first-order valence-corrected chi connectivity index (χ1v) is 10.1. The number of benzene rings is 4. The monoisotopic (exact) mass is 400 g/mol. The Bertz CT molecular complexity index is 1590. The molecule has 1 aromatic heterocycles. The summed E-state index contributed by atoms with van der Waals surface area (Å²) < 4.78 is 5.74. The molecule has 2 heterocycles. The van der Waals surface area contributed by atoms with E-state index in [9.17, 15) is 4.79 Å². The van der Waals surface area contributed by atoms with Crippen molar-refractivity contribution in [1.82, 2.24) is 0 Å². The summed E-state index contributed by atoms with van der Waals surface area (Å²) in [5.41, 5.74) is 5.19. The molecule has 146 valence electrons. The fraction of sp³-hybridized carbons (Fsp3) is 0.0370. The van der Waals surface area contributed by atoms with E-state index in [1.165, 1.54) is 0 Å². The van der Waals surface area contributed by atoms with Crippen LogP contribution in [0.15, 0.2) is 94.1 Å². The van der Waals surface area contributed by atoms with Crippen LogP contribution in [0.25, 0.3) is 32.9 Å². The van der Waals surface area contributed by atoms with E-state index in [0.29, 0.717) is 16.7 Å². The molecule has 0 saturated heterocycles. The Morgan fingerprint density at radius 2 is 1.55 bits per heavy atom. The predicted molar refractivity (Wildman–Crippen MR) is 122 cm³/mol. The van der Waals surface area contributed by atoms with Gasteiger partial charge in [-0.15, -0.1) is 0 Å². The minimum absolute atomic E-state index is 0.353. The highest BCUT2D eigenvalue weighted by molar-refractivity contribution is 6.11. The van der Waals surface area contributed by atoms with Crippen LogP contribution in [0.5, 0.6) is 0 Å². The fourth-order valence-electron chi connectivity index (χ4n) is 4.58. The zero-order valence-electron chi connectivity index (χ0n) is 16.4. The molecule has 0 bridgehead atoms. The normalized spacial score (nSPS) is 14.5. The summed E-state index contributed by atoms with van der Waals surface area (Å²) in [5.74, 6) is 0. The lowest BCUT2D eigenvalue weighted by atomic mass is 9.83. The molecular weight excluding hydrogens is 384 g/mol. The molecule has 0 radical (unpaired) electrons. The summed E-state index contributed by atoms with van der Waals surface area (Å²) in [5, 5.41) is 15.8. The van der Waals surface area contributed by atoms with Crippen LogP contribution in [0.1, 0.15) is 22.7 Å². The average Bonchev–Trinajstić information content (AvgIpc) is 2.83. The Morgan fingerprint density at radius 3 is 2.35 bits per heavy atom. The van der Waals surface area contributed by atoms with E-state index < -0.39 is 0 Å². The van der Waals surface area contributed by atoms with Crippen molar-refractivity contribution in [3.05, 3.63) is 112 Å². The molecular formula is C27H16N2O2. The molecule has 5 aromatic rings. The summed E-state index contributed by atoms with van der Waals surface area (Å²) in [6, 6.07) is 29.1. The summed E-state index contributed by atoms with van der Waals surface area (Å²) in [4.78, 5) is 13.3. The number of hydrogen-bond donors (Lipinski definition) is 1. The first-order chi connectivity index (χ1) is 15.2. The Kier molecular flexibility index (Phi) is 3.71. The number of nitrogens with zero attached hydrogens (tertiary/aromatic N) is 1. The number of rotatable bonds is 1. The fourth-order valence-corrected chi connectivity index (χ4v) is 4.58. The van der Waals surface area contributed by atoms with Crippen LogP contribution in [0.3, 0.4) is 0 Å². The van der Waals surface area contributed by atoms with Crippen LogP contribution in [0.2, 0.25) is 0 Å². The van der Waals surface area contributed by atoms with Gasteiger partial charge < -0.3 is 9.73 Å². The summed E-state index contributed by atoms with van der Waals surface area (Å²) in [6.45, 7) is 0. The average molecular weight is 400 g/mol. The highest BCUT2D eigenvalue weighted by Crippen LogP contribution is 2.47. The second kappa shape index (κ2) is 6.58. The SMILES string of the molecule is N#Cc1ccc([C@@H]2Nc3ccc4ccccc4c3-c3c2c(=O)oc2ccccc32)cc1. The maximum Gasteiger partial charge on any atom is 0.342 e. The van der Waals surface area contributed by atoms with Crippen LogP contribution in [0, 0.1) is 11.3 Å². The Morgan fingerprint density at radius 1 is 0.806 bits per heavy atom. The van der Waals surface area contributed by atoms with Gasteiger partial charge in [-0.05, 0) is 40.6 Å². The van der Waals surface area contributed by atoms with Crippen molar-refractivity contribution in [2.75, 3.05) is 5.32 Å². The van der Waals surface area contributed by atoms with E-state index in [1.807, 2.05) is 48.5 Å². The van der Waals surface area contributed by atoms with Gasteiger partial charge in [0.25, 0.3) is 0 Å². The molecule has 4 aromatic carbocycles. The first kappa shape index (κ1) is 17.5. The van der Waals surface area contributed by atoms with Crippen LogP contribution in [-0.2, 0) is 0 Å². The number of nitriles is 1. The van der Waals surface area contributed by atoms with E-state index in [4.69, 9.17) is 9.68 Å². The standard InChI is InChI=1S/C27H16N2O2/c28-15-16-9-11-18(12-10-16)26-25-24(20-7-3-4-8-22(20)31-27(25)30)23-19-6-2-1-5-17(19)13-14-21(23)29-26/h1-14,26,29H/t26-/m0/s1. The summed E-state index contributed by atoms with van der Waals surface area (Å²) in [7, 11) is 0. The molecule has 0 amide bonds. The van der Waals surface area contributed by atoms with E-state index in [2.05, 4.69) is 35.7 Å². The highest BCUT2D eigenvalue weighted by Gasteiger charge is 2.32. The first-order valence-electron chi connectivity index (χ1n) is 10.1. The van der Waals surface area contributed by atoms with E-state index in [-0.39, 0.29) is 11.7 Å². The smallest absolute Gasteiger partial charge is 0.342 e. The van der Waals surface area contributed by atoms with Crippen molar-refractivity contribution in [2.24, 2.45) is 0 Å². The van der Waals surface area contributed by atoms with Crippen molar-refractivity contribution in [3.63, 3.8) is 0 Å². The van der Waals surface area contributed by atoms with E-state index in [1.54, 1.807) is 12.1 Å². The number of anilines is 1. The Hall–Kier alpha value is -4.36. The van der Waals surface area contributed by atoms with Gasteiger partial charge in [0.2, 0.25) is 0 Å². The summed E-state index contributed by atoms with van der Waals surface area (Å²) >= 11 is 0. The van der Waals surface area contributed by atoms with Gasteiger partial charge >= 0.3 is 5.63 Å². The topological polar surface area (TPSA) is 66.0 Å². The van der Waals surface area contributed by atoms with Crippen LogP contribution in [0.4, 0.5) is 5.69 Å². The third kappa shape index (κ3) is 2.57. The van der Waals surface area contributed by atoms with Crippen molar-refractivity contribution >= 4 is 27.4 Å². The molecule has 4 nitrogen and oxygen atoms in total. The number of nitrogens with one attached hydrogen (secondary N) is 1. The van der Waals surface area contributed by atoms with Gasteiger partial charge in [-0.25, -0.2) is 4.79 Å². The van der Waals surface area contributed by atoms with Gasteiger partial charge in [-0.2, -0.15) is 5.26 Å². The number of hydrogen-bond acceptors (Lipinski definition) is 4. The molecule has 0 saturated carbocycles. The molecule has 1 N–H and O–H groups in total. The third-order valence-corrected chi connectivity index (χ3v) is 5.99. The molecule has 31 heavy (non-hydrogen) atoms.